The third kappa shape index (κ3) is 4.36. The quantitative estimate of drug-likeness (QED) is 0.788. The lowest BCUT2D eigenvalue weighted by Gasteiger charge is -2.34. The second-order valence-corrected chi connectivity index (χ2v) is 9.71. The van der Waals surface area contributed by atoms with Crippen molar-refractivity contribution in [1.29, 1.82) is 0 Å². The average molecular weight is 389 g/mol. The average Bonchev–Trinajstić information content (AvgIpc) is 2.68. The zero-order valence-corrected chi connectivity index (χ0v) is 17.3. The smallest absolute Gasteiger partial charge is 0.242 e. The number of hydrogen-bond acceptors (Lipinski definition) is 5. The fourth-order valence-corrected chi connectivity index (χ4v) is 4.34. The van der Waals surface area contributed by atoms with Gasteiger partial charge in [-0.3, -0.25) is 0 Å². The topological polar surface area (TPSA) is 66.4 Å². The fraction of sp³-hybridized carbons (Fsp3) is 0.500. The van der Waals surface area contributed by atoms with Crippen molar-refractivity contribution in [3.63, 3.8) is 0 Å². The molecule has 1 fully saturated rings. The highest BCUT2D eigenvalue weighted by Gasteiger charge is 2.23. The summed E-state index contributed by atoms with van der Waals surface area (Å²) in [5.74, 6) is 0.467. The highest BCUT2D eigenvalue weighted by atomic mass is 32.2. The Balaban J connectivity index is 1.71. The second-order valence-electron chi connectivity index (χ2n) is 7.56. The van der Waals surface area contributed by atoms with Crippen LogP contribution in [0, 0.1) is 0 Å². The summed E-state index contributed by atoms with van der Waals surface area (Å²) in [5.41, 5.74) is 2.67. The molecule has 0 aliphatic carbocycles. The SMILES string of the molecule is CC(C)N1CCC(c2ccc(-c3ccc(S(=O)(=O)N(C)C)cc3)nn2)CC1. The van der Waals surface area contributed by atoms with Gasteiger partial charge in [0.05, 0.1) is 16.3 Å². The molecule has 1 saturated heterocycles. The minimum Gasteiger partial charge on any atom is -0.301 e. The van der Waals surface area contributed by atoms with Gasteiger partial charge in [0.1, 0.15) is 0 Å². The first kappa shape index (κ1) is 19.9. The zero-order valence-electron chi connectivity index (χ0n) is 16.5. The van der Waals surface area contributed by atoms with E-state index in [4.69, 9.17) is 0 Å². The van der Waals surface area contributed by atoms with Crippen LogP contribution in [0.2, 0.25) is 0 Å². The minimum atomic E-state index is -3.41. The molecule has 3 rings (SSSR count). The van der Waals surface area contributed by atoms with E-state index < -0.39 is 10.0 Å². The second kappa shape index (κ2) is 8.04. The molecule has 0 bridgehead atoms. The predicted molar refractivity (Wildman–Crippen MR) is 107 cm³/mol. The molecule has 0 radical (unpaired) electrons. The van der Waals surface area contributed by atoms with Gasteiger partial charge in [-0.15, -0.1) is 0 Å². The number of aromatic nitrogens is 2. The Morgan fingerprint density at radius 2 is 1.63 bits per heavy atom. The van der Waals surface area contributed by atoms with Gasteiger partial charge in [0.15, 0.2) is 0 Å². The van der Waals surface area contributed by atoms with Crippen molar-refractivity contribution in [2.45, 2.75) is 43.5 Å². The Kier molecular flexibility index (Phi) is 5.93. The summed E-state index contributed by atoms with van der Waals surface area (Å²) in [7, 11) is -0.361. The summed E-state index contributed by atoms with van der Waals surface area (Å²) in [6.45, 7) is 6.69. The van der Waals surface area contributed by atoms with Crippen LogP contribution in [0.3, 0.4) is 0 Å². The van der Waals surface area contributed by atoms with Crippen LogP contribution in [0.1, 0.15) is 38.3 Å². The lowest BCUT2D eigenvalue weighted by molar-refractivity contribution is 0.170. The monoisotopic (exact) mass is 388 g/mol. The normalized spacial score (nSPS) is 17.0. The lowest BCUT2D eigenvalue weighted by atomic mass is 9.92. The van der Waals surface area contributed by atoms with E-state index in [0.29, 0.717) is 12.0 Å². The van der Waals surface area contributed by atoms with Gasteiger partial charge in [0.2, 0.25) is 10.0 Å². The van der Waals surface area contributed by atoms with E-state index in [-0.39, 0.29) is 4.90 Å². The molecule has 2 aromatic rings. The number of likely N-dealkylation sites (tertiary alicyclic amines) is 1. The van der Waals surface area contributed by atoms with Crippen LogP contribution < -0.4 is 0 Å². The Morgan fingerprint density at radius 1 is 1.00 bits per heavy atom. The molecule has 146 valence electrons. The van der Waals surface area contributed by atoms with E-state index in [1.165, 1.54) is 18.4 Å². The molecule has 7 heteroatoms. The maximum Gasteiger partial charge on any atom is 0.242 e. The number of piperidine rings is 1. The summed E-state index contributed by atoms with van der Waals surface area (Å²) >= 11 is 0. The Bertz CT molecular complexity index is 854. The molecule has 0 unspecified atom stereocenters. The highest BCUT2D eigenvalue weighted by Crippen LogP contribution is 2.28. The van der Waals surface area contributed by atoms with Crippen molar-refractivity contribution in [2.24, 2.45) is 0 Å². The summed E-state index contributed by atoms with van der Waals surface area (Å²) < 4.78 is 25.5. The number of hydrogen-bond donors (Lipinski definition) is 0. The molecule has 6 nitrogen and oxygen atoms in total. The van der Waals surface area contributed by atoms with Crippen LogP contribution in [-0.4, -0.2) is 61.0 Å². The van der Waals surface area contributed by atoms with Crippen molar-refractivity contribution < 1.29 is 8.42 Å². The number of rotatable bonds is 5. The van der Waals surface area contributed by atoms with Gasteiger partial charge in [0.25, 0.3) is 0 Å². The van der Waals surface area contributed by atoms with Crippen molar-refractivity contribution in [3.8, 4) is 11.3 Å². The number of sulfonamides is 1. The Hall–Kier alpha value is -1.83. The van der Waals surface area contributed by atoms with Gasteiger partial charge >= 0.3 is 0 Å². The summed E-state index contributed by atoms with van der Waals surface area (Å²) in [5, 5.41) is 8.83. The minimum absolute atomic E-state index is 0.276. The van der Waals surface area contributed by atoms with Crippen LogP contribution in [-0.2, 0) is 10.0 Å². The molecule has 0 N–H and O–H groups in total. The van der Waals surface area contributed by atoms with Crippen LogP contribution in [0.25, 0.3) is 11.3 Å². The molecule has 2 heterocycles. The first-order valence-electron chi connectivity index (χ1n) is 9.39. The van der Waals surface area contributed by atoms with Crippen molar-refractivity contribution in [2.75, 3.05) is 27.2 Å². The van der Waals surface area contributed by atoms with E-state index in [2.05, 4.69) is 35.0 Å². The van der Waals surface area contributed by atoms with Gasteiger partial charge in [-0.1, -0.05) is 12.1 Å². The Morgan fingerprint density at radius 3 is 2.11 bits per heavy atom. The first-order valence-corrected chi connectivity index (χ1v) is 10.8. The van der Waals surface area contributed by atoms with Gasteiger partial charge in [-0.25, -0.2) is 12.7 Å². The molecule has 0 saturated carbocycles. The lowest BCUT2D eigenvalue weighted by Crippen LogP contribution is -2.38. The van der Waals surface area contributed by atoms with E-state index >= 15 is 0 Å². The molecule has 0 atom stereocenters. The first-order chi connectivity index (χ1) is 12.8. The predicted octanol–water partition coefficient (Wildman–Crippen LogP) is 2.98. The standard InChI is InChI=1S/C20H28N4O2S/c1-15(2)24-13-11-17(12-14-24)20-10-9-19(21-22-20)16-5-7-18(8-6-16)27(25,26)23(3)4/h5-10,15,17H,11-14H2,1-4H3. The summed E-state index contributed by atoms with van der Waals surface area (Å²) in [6.07, 6.45) is 2.23. The van der Waals surface area contributed by atoms with Crippen molar-refractivity contribution >= 4 is 10.0 Å². The summed E-state index contributed by atoms with van der Waals surface area (Å²) in [6, 6.07) is 11.4. The molecule has 27 heavy (non-hydrogen) atoms. The van der Waals surface area contributed by atoms with Gasteiger partial charge in [0, 0.05) is 31.6 Å². The third-order valence-electron chi connectivity index (χ3n) is 5.29. The van der Waals surface area contributed by atoms with Gasteiger partial charge < -0.3 is 4.90 Å². The van der Waals surface area contributed by atoms with Gasteiger partial charge in [-0.2, -0.15) is 10.2 Å². The Labute approximate surface area is 162 Å². The van der Waals surface area contributed by atoms with E-state index in [0.717, 1.165) is 42.9 Å². The molecule has 1 aliphatic rings. The van der Waals surface area contributed by atoms with Crippen LogP contribution in [0.4, 0.5) is 0 Å². The fourth-order valence-electron chi connectivity index (χ4n) is 3.43. The van der Waals surface area contributed by atoms with Crippen molar-refractivity contribution in [1.82, 2.24) is 19.4 Å². The summed E-state index contributed by atoms with van der Waals surface area (Å²) in [4.78, 5) is 2.78. The van der Waals surface area contributed by atoms with E-state index in [1.807, 2.05) is 6.07 Å². The largest absolute Gasteiger partial charge is 0.301 e. The highest BCUT2D eigenvalue weighted by molar-refractivity contribution is 7.89. The molecule has 1 aliphatic heterocycles. The van der Waals surface area contributed by atoms with Crippen LogP contribution in [0.5, 0.6) is 0 Å². The van der Waals surface area contributed by atoms with Crippen LogP contribution in [0.15, 0.2) is 41.3 Å². The number of benzene rings is 1. The number of nitrogens with zero attached hydrogens (tertiary/aromatic N) is 4. The molecule has 1 aromatic heterocycles. The van der Waals surface area contributed by atoms with E-state index in [1.54, 1.807) is 24.3 Å². The molecular weight excluding hydrogens is 360 g/mol. The molecule has 0 spiro atoms. The molecule has 1 aromatic carbocycles. The van der Waals surface area contributed by atoms with Crippen LogP contribution >= 0.6 is 0 Å². The molecular formula is C20H28N4O2S. The maximum atomic E-state index is 12.2. The third-order valence-corrected chi connectivity index (χ3v) is 7.12. The van der Waals surface area contributed by atoms with Gasteiger partial charge in [-0.05, 0) is 64.0 Å². The molecule has 0 amide bonds. The zero-order chi connectivity index (χ0) is 19.6. The van der Waals surface area contributed by atoms with Crippen molar-refractivity contribution in [3.05, 3.63) is 42.1 Å². The van der Waals surface area contributed by atoms with E-state index in [9.17, 15) is 8.42 Å². The maximum absolute atomic E-state index is 12.2.